The van der Waals surface area contributed by atoms with Crippen molar-refractivity contribution in [2.24, 2.45) is 0 Å². The molecule has 7 heteroatoms. The zero-order chi connectivity index (χ0) is 16.1. The molecule has 0 aliphatic heterocycles. The molecule has 0 aliphatic carbocycles. The molecule has 2 aromatic rings. The van der Waals surface area contributed by atoms with Crippen LogP contribution in [0.5, 0.6) is 0 Å². The first-order valence-corrected chi connectivity index (χ1v) is 8.10. The maximum Gasteiger partial charge on any atom is 0.271 e. The highest BCUT2D eigenvalue weighted by Crippen LogP contribution is 2.28. The number of anilines is 2. The number of aryl methyl sites for hydroxylation is 1. The highest BCUT2D eigenvalue weighted by Gasteiger charge is 2.12. The number of nitro benzene ring substituents is 1. The first kappa shape index (κ1) is 16.4. The summed E-state index contributed by atoms with van der Waals surface area (Å²) in [5, 5.41) is 20.2. The lowest BCUT2D eigenvalue weighted by atomic mass is 10.2. The fourth-order valence-corrected chi connectivity index (χ4v) is 2.80. The van der Waals surface area contributed by atoms with E-state index in [1.54, 1.807) is 6.07 Å². The van der Waals surface area contributed by atoms with Gasteiger partial charge in [0.1, 0.15) is 0 Å². The Morgan fingerprint density at radius 1 is 1.45 bits per heavy atom. The summed E-state index contributed by atoms with van der Waals surface area (Å²) in [7, 11) is 0. The van der Waals surface area contributed by atoms with E-state index in [9.17, 15) is 10.1 Å². The third-order valence-corrected chi connectivity index (χ3v) is 4.12. The number of rotatable bonds is 7. The standard InChI is InChI=1S/C15H20N4O2S/c1-4-7-16-11(3)14-9-22-15(18-14)17-13-8-12(19(20)21)6-5-10(13)2/h5-6,8-9,11,16H,4,7H2,1-3H3,(H,17,18). The summed E-state index contributed by atoms with van der Waals surface area (Å²) in [5.41, 5.74) is 2.70. The van der Waals surface area contributed by atoms with E-state index < -0.39 is 4.92 Å². The van der Waals surface area contributed by atoms with Gasteiger partial charge in [-0.2, -0.15) is 0 Å². The maximum absolute atomic E-state index is 10.9. The van der Waals surface area contributed by atoms with E-state index in [-0.39, 0.29) is 11.7 Å². The van der Waals surface area contributed by atoms with Crippen molar-refractivity contribution in [2.75, 3.05) is 11.9 Å². The Balaban J connectivity index is 2.13. The molecule has 6 nitrogen and oxygen atoms in total. The summed E-state index contributed by atoms with van der Waals surface area (Å²) in [6.07, 6.45) is 1.08. The molecule has 0 spiro atoms. The van der Waals surface area contributed by atoms with Crippen LogP contribution < -0.4 is 10.6 Å². The van der Waals surface area contributed by atoms with Crippen LogP contribution in [0.15, 0.2) is 23.6 Å². The second kappa shape index (κ2) is 7.33. The number of nitrogens with one attached hydrogen (secondary N) is 2. The average Bonchev–Trinajstić information content (AvgIpc) is 2.95. The Hall–Kier alpha value is -1.99. The first-order chi connectivity index (χ1) is 10.5. The number of nitrogens with zero attached hydrogens (tertiary/aromatic N) is 2. The van der Waals surface area contributed by atoms with Crippen molar-refractivity contribution < 1.29 is 4.92 Å². The molecule has 0 aliphatic rings. The van der Waals surface area contributed by atoms with E-state index in [4.69, 9.17) is 0 Å². The number of benzene rings is 1. The van der Waals surface area contributed by atoms with Crippen LogP contribution in [-0.2, 0) is 0 Å². The van der Waals surface area contributed by atoms with Crippen LogP contribution in [0.3, 0.4) is 0 Å². The molecule has 2 rings (SSSR count). The SMILES string of the molecule is CCCNC(C)c1csc(Nc2cc([N+](=O)[O-])ccc2C)n1. The number of non-ortho nitro benzene ring substituents is 1. The Morgan fingerprint density at radius 2 is 2.23 bits per heavy atom. The van der Waals surface area contributed by atoms with E-state index in [0.29, 0.717) is 5.69 Å². The molecule has 1 heterocycles. The molecule has 0 amide bonds. The first-order valence-electron chi connectivity index (χ1n) is 7.22. The molecule has 118 valence electrons. The summed E-state index contributed by atoms with van der Waals surface area (Å²) in [6.45, 7) is 7.06. The molecule has 2 N–H and O–H groups in total. The second-order valence-corrected chi connectivity index (χ2v) is 5.99. The predicted octanol–water partition coefficient (Wildman–Crippen LogP) is 4.16. The lowest BCUT2D eigenvalue weighted by molar-refractivity contribution is -0.384. The van der Waals surface area contributed by atoms with Crippen molar-refractivity contribution in [2.45, 2.75) is 33.2 Å². The molecule has 0 saturated carbocycles. The molecule has 0 bridgehead atoms. The minimum Gasteiger partial charge on any atom is -0.331 e. The van der Waals surface area contributed by atoms with Crippen molar-refractivity contribution in [3.05, 3.63) is 45.0 Å². The lowest BCUT2D eigenvalue weighted by Gasteiger charge is -2.10. The van der Waals surface area contributed by atoms with E-state index >= 15 is 0 Å². The van der Waals surface area contributed by atoms with Crippen molar-refractivity contribution in [3.63, 3.8) is 0 Å². The van der Waals surface area contributed by atoms with Gasteiger partial charge in [0.25, 0.3) is 5.69 Å². The zero-order valence-corrected chi connectivity index (χ0v) is 13.7. The summed E-state index contributed by atoms with van der Waals surface area (Å²) in [4.78, 5) is 15.0. The summed E-state index contributed by atoms with van der Waals surface area (Å²) >= 11 is 1.50. The van der Waals surface area contributed by atoms with Gasteiger partial charge >= 0.3 is 0 Å². The minimum absolute atomic E-state index is 0.0721. The third kappa shape index (κ3) is 4.02. The maximum atomic E-state index is 10.9. The zero-order valence-electron chi connectivity index (χ0n) is 12.9. The van der Waals surface area contributed by atoms with Crippen LogP contribution in [0.25, 0.3) is 0 Å². The van der Waals surface area contributed by atoms with Crippen LogP contribution in [0.2, 0.25) is 0 Å². The molecule has 1 aromatic carbocycles. The van der Waals surface area contributed by atoms with Gasteiger partial charge in [0.15, 0.2) is 5.13 Å². The quantitative estimate of drug-likeness (QED) is 0.591. The van der Waals surface area contributed by atoms with Gasteiger partial charge in [-0.25, -0.2) is 4.98 Å². The monoisotopic (exact) mass is 320 g/mol. The van der Waals surface area contributed by atoms with E-state index in [0.717, 1.165) is 29.4 Å². The molecule has 1 atom stereocenters. The highest BCUT2D eigenvalue weighted by molar-refractivity contribution is 7.13. The molecule has 1 unspecified atom stereocenters. The van der Waals surface area contributed by atoms with Crippen LogP contribution in [0, 0.1) is 17.0 Å². The third-order valence-electron chi connectivity index (χ3n) is 3.34. The van der Waals surface area contributed by atoms with Crippen LogP contribution >= 0.6 is 11.3 Å². The highest BCUT2D eigenvalue weighted by atomic mass is 32.1. The van der Waals surface area contributed by atoms with Gasteiger partial charge in [-0.05, 0) is 32.4 Å². The number of aromatic nitrogens is 1. The largest absolute Gasteiger partial charge is 0.331 e. The van der Waals surface area contributed by atoms with Crippen molar-refractivity contribution in [1.82, 2.24) is 10.3 Å². The van der Waals surface area contributed by atoms with Gasteiger partial charge in [0.2, 0.25) is 0 Å². The Labute approximate surface area is 133 Å². The molecular formula is C15H20N4O2S. The smallest absolute Gasteiger partial charge is 0.271 e. The lowest BCUT2D eigenvalue weighted by Crippen LogP contribution is -2.19. The van der Waals surface area contributed by atoms with Gasteiger partial charge in [-0.15, -0.1) is 11.3 Å². The number of nitro groups is 1. The molecular weight excluding hydrogens is 300 g/mol. The normalized spacial score (nSPS) is 12.1. The number of thiazole rings is 1. The van der Waals surface area contributed by atoms with E-state index in [1.165, 1.54) is 23.5 Å². The van der Waals surface area contributed by atoms with Crippen molar-refractivity contribution >= 4 is 27.8 Å². The topological polar surface area (TPSA) is 80.1 Å². The Bertz CT molecular complexity index is 657. The van der Waals surface area contributed by atoms with E-state index in [1.807, 2.05) is 12.3 Å². The second-order valence-electron chi connectivity index (χ2n) is 5.13. The molecule has 0 saturated heterocycles. The Morgan fingerprint density at radius 3 is 2.91 bits per heavy atom. The van der Waals surface area contributed by atoms with Gasteiger partial charge < -0.3 is 10.6 Å². The fraction of sp³-hybridized carbons (Fsp3) is 0.400. The fourth-order valence-electron chi connectivity index (χ4n) is 1.98. The van der Waals surface area contributed by atoms with Gasteiger partial charge in [-0.3, -0.25) is 10.1 Å². The van der Waals surface area contributed by atoms with Gasteiger partial charge in [-0.1, -0.05) is 13.0 Å². The molecule has 0 fully saturated rings. The van der Waals surface area contributed by atoms with Gasteiger partial charge in [0, 0.05) is 23.6 Å². The average molecular weight is 320 g/mol. The molecule has 22 heavy (non-hydrogen) atoms. The van der Waals surface area contributed by atoms with Crippen molar-refractivity contribution in [1.29, 1.82) is 0 Å². The van der Waals surface area contributed by atoms with Crippen molar-refractivity contribution in [3.8, 4) is 0 Å². The summed E-state index contributed by atoms with van der Waals surface area (Å²) in [6, 6.07) is 4.97. The summed E-state index contributed by atoms with van der Waals surface area (Å²) < 4.78 is 0. The predicted molar refractivity (Wildman–Crippen MR) is 89.9 cm³/mol. The van der Waals surface area contributed by atoms with Crippen LogP contribution in [-0.4, -0.2) is 16.5 Å². The number of hydrogen-bond donors (Lipinski definition) is 2. The number of hydrogen-bond acceptors (Lipinski definition) is 6. The minimum atomic E-state index is -0.394. The Kier molecular flexibility index (Phi) is 5.46. The molecule has 1 aromatic heterocycles. The van der Waals surface area contributed by atoms with E-state index in [2.05, 4.69) is 29.5 Å². The van der Waals surface area contributed by atoms with Gasteiger partial charge in [0.05, 0.1) is 16.3 Å². The van der Waals surface area contributed by atoms with Crippen LogP contribution in [0.1, 0.15) is 37.6 Å². The summed E-state index contributed by atoms with van der Waals surface area (Å²) in [5.74, 6) is 0. The molecule has 0 radical (unpaired) electrons. The van der Waals surface area contributed by atoms with Crippen LogP contribution in [0.4, 0.5) is 16.5 Å².